The molecule has 0 aliphatic carbocycles. The van der Waals surface area contributed by atoms with E-state index in [0.717, 1.165) is 10.9 Å². The molecular formula is C12H13EuNO2. The second kappa shape index (κ2) is 6.65. The summed E-state index contributed by atoms with van der Waals surface area (Å²) in [6.45, 7) is 3.20. The van der Waals surface area contributed by atoms with Crippen molar-refractivity contribution in [1.82, 2.24) is 4.98 Å². The second-order valence-corrected chi connectivity index (χ2v) is 3.28. The summed E-state index contributed by atoms with van der Waals surface area (Å²) in [6, 6.07) is 7.33. The van der Waals surface area contributed by atoms with Crippen molar-refractivity contribution in [3.05, 3.63) is 36.0 Å². The maximum atomic E-state index is 9.62. The average molecular weight is 355 g/mol. The van der Waals surface area contributed by atoms with E-state index in [1.807, 2.05) is 25.1 Å². The molecule has 1 radical (unpaired) electrons. The van der Waals surface area contributed by atoms with Crippen molar-refractivity contribution in [2.75, 3.05) is 6.61 Å². The normalized spacial score (nSPS) is 10.1. The van der Waals surface area contributed by atoms with Crippen molar-refractivity contribution in [2.24, 2.45) is 0 Å². The van der Waals surface area contributed by atoms with Gasteiger partial charge in [0.1, 0.15) is 11.3 Å². The number of phenolic OH excluding ortho intramolecular Hbond substituents is 1. The van der Waals surface area contributed by atoms with Crippen LogP contribution >= 0.6 is 0 Å². The first kappa shape index (κ1) is 14.0. The van der Waals surface area contributed by atoms with Crippen LogP contribution in [0.3, 0.4) is 0 Å². The quantitative estimate of drug-likeness (QED) is 0.920. The number of benzene rings is 1. The third-order valence-electron chi connectivity index (χ3n) is 2.30. The fourth-order valence-electron chi connectivity index (χ4n) is 1.55. The van der Waals surface area contributed by atoms with Gasteiger partial charge in [0.2, 0.25) is 0 Å². The van der Waals surface area contributed by atoms with E-state index in [-0.39, 0.29) is 55.1 Å². The number of fused-ring (bicyclic) bond motifs is 1. The molecule has 2 aromatic rings. The molecule has 4 heteroatoms. The minimum atomic E-state index is 0. The maximum absolute atomic E-state index is 9.62. The van der Waals surface area contributed by atoms with Crippen LogP contribution in [0.5, 0.6) is 5.75 Å². The minimum Gasteiger partial charge on any atom is -0.506 e. The van der Waals surface area contributed by atoms with Crippen LogP contribution in [0.4, 0.5) is 0 Å². The van der Waals surface area contributed by atoms with Crippen LogP contribution < -0.4 is 0 Å². The second-order valence-electron chi connectivity index (χ2n) is 3.28. The predicted octanol–water partition coefficient (Wildman–Crippen LogP) is 2.48. The van der Waals surface area contributed by atoms with Crippen LogP contribution in [0.15, 0.2) is 30.5 Å². The van der Waals surface area contributed by atoms with Gasteiger partial charge in [-0.05, 0) is 24.6 Å². The molecule has 3 nitrogen and oxygen atoms in total. The van der Waals surface area contributed by atoms with Crippen LogP contribution in [-0.2, 0) is 11.3 Å². The van der Waals surface area contributed by atoms with Crippen LogP contribution in [0, 0.1) is 49.4 Å². The Morgan fingerprint density at radius 1 is 1.31 bits per heavy atom. The van der Waals surface area contributed by atoms with E-state index in [1.54, 1.807) is 12.3 Å². The van der Waals surface area contributed by atoms with Gasteiger partial charge in [0.25, 0.3) is 0 Å². The minimum absolute atomic E-state index is 0. The monoisotopic (exact) mass is 356 g/mol. The molecule has 0 amide bonds. The molecule has 1 aromatic heterocycles. The summed E-state index contributed by atoms with van der Waals surface area (Å²) in [5.41, 5.74) is 1.69. The third kappa shape index (κ3) is 3.01. The first-order valence-electron chi connectivity index (χ1n) is 4.96. The fraction of sp³-hybridized carbons (Fsp3) is 0.250. The van der Waals surface area contributed by atoms with E-state index in [2.05, 4.69) is 4.98 Å². The Labute approximate surface area is 135 Å². The molecule has 2 rings (SSSR count). The molecule has 0 saturated heterocycles. The Bertz CT molecular complexity index is 474. The standard InChI is InChI=1S/C12H13NO2.Eu/c1-2-15-8-9-5-6-11(14)12-10(9)4-3-7-13-12;/h3-7,14H,2,8H2,1H3;. The van der Waals surface area contributed by atoms with Gasteiger partial charge in [-0.1, -0.05) is 12.1 Å². The van der Waals surface area contributed by atoms with Crippen LogP contribution in [0.25, 0.3) is 10.9 Å². The number of pyridine rings is 1. The number of ether oxygens (including phenoxy) is 1. The number of aromatic nitrogens is 1. The molecular weight excluding hydrogens is 342 g/mol. The van der Waals surface area contributed by atoms with Crippen molar-refractivity contribution in [1.29, 1.82) is 0 Å². The Morgan fingerprint density at radius 3 is 2.88 bits per heavy atom. The van der Waals surface area contributed by atoms with Gasteiger partial charge in [-0.3, -0.25) is 4.98 Å². The zero-order valence-electron chi connectivity index (χ0n) is 8.98. The van der Waals surface area contributed by atoms with Crippen LogP contribution in [-0.4, -0.2) is 16.7 Å². The molecule has 0 saturated carbocycles. The number of rotatable bonds is 3. The smallest absolute Gasteiger partial charge is 0.141 e. The number of hydrogen-bond acceptors (Lipinski definition) is 3. The van der Waals surface area contributed by atoms with Gasteiger partial charge < -0.3 is 9.84 Å². The Balaban J connectivity index is 0.00000128. The van der Waals surface area contributed by atoms with E-state index in [9.17, 15) is 5.11 Å². The SMILES string of the molecule is CCOCc1ccc(O)c2ncccc12.[Eu]. The van der Waals surface area contributed by atoms with Crippen molar-refractivity contribution >= 4 is 10.9 Å². The van der Waals surface area contributed by atoms with E-state index in [4.69, 9.17) is 4.74 Å². The fourth-order valence-corrected chi connectivity index (χ4v) is 1.55. The number of nitrogens with zero attached hydrogens (tertiary/aromatic N) is 1. The van der Waals surface area contributed by atoms with Gasteiger partial charge in [0.05, 0.1) is 6.61 Å². The van der Waals surface area contributed by atoms with Crippen molar-refractivity contribution in [3.63, 3.8) is 0 Å². The van der Waals surface area contributed by atoms with E-state index >= 15 is 0 Å². The average Bonchev–Trinajstić information content (AvgIpc) is 2.29. The van der Waals surface area contributed by atoms with Gasteiger partial charge in [-0.15, -0.1) is 0 Å². The Morgan fingerprint density at radius 2 is 2.12 bits per heavy atom. The zero-order valence-corrected chi connectivity index (χ0v) is 11.4. The van der Waals surface area contributed by atoms with Gasteiger partial charge in [-0.25, -0.2) is 0 Å². The first-order chi connectivity index (χ1) is 7.33. The number of hydrogen-bond donors (Lipinski definition) is 1. The molecule has 0 atom stereocenters. The molecule has 0 aliphatic heterocycles. The summed E-state index contributed by atoms with van der Waals surface area (Å²) in [7, 11) is 0. The molecule has 0 spiro atoms. The molecule has 0 bridgehead atoms. The largest absolute Gasteiger partial charge is 0.506 e. The molecule has 1 heterocycles. The van der Waals surface area contributed by atoms with E-state index in [0.29, 0.717) is 18.7 Å². The predicted molar refractivity (Wildman–Crippen MR) is 58.7 cm³/mol. The van der Waals surface area contributed by atoms with Crippen LogP contribution in [0.1, 0.15) is 12.5 Å². The third-order valence-corrected chi connectivity index (χ3v) is 2.30. The van der Waals surface area contributed by atoms with Gasteiger partial charge in [-0.2, -0.15) is 0 Å². The number of phenols is 1. The van der Waals surface area contributed by atoms with Crippen molar-refractivity contribution < 1.29 is 59.2 Å². The van der Waals surface area contributed by atoms with E-state index in [1.165, 1.54) is 0 Å². The van der Waals surface area contributed by atoms with Crippen LogP contribution in [0.2, 0.25) is 0 Å². The first-order valence-corrected chi connectivity index (χ1v) is 4.96. The summed E-state index contributed by atoms with van der Waals surface area (Å²) in [5.74, 6) is 0.214. The summed E-state index contributed by atoms with van der Waals surface area (Å²) in [4.78, 5) is 4.14. The molecule has 1 aromatic carbocycles. The summed E-state index contributed by atoms with van der Waals surface area (Å²) < 4.78 is 5.36. The molecule has 1 N–H and O–H groups in total. The van der Waals surface area contributed by atoms with Gasteiger partial charge in [0, 0.05) is 67.6 Å². The van der Waals surface area contributed by atoms with Crippen molar-refractivity contribution in [2.45, 2.75) is 13.5 Å². The number of aromatic hydroxyl groups is 1. The molecule has 0 unspecified atom stereocenters. The molecule has 0 fully saturated rings. The molecule has 16 heavy (non-hydrogen) atoms. The molecule has 85 valence electrons. The van der Waals surface area contributed by atoms with Gasteiger partial charge in [0.15, 0.2) is 0 Å². The summed E-state index contributed by atoms with van der Waals surface area (Å²) in [5, 5.41) is 10.6. The summed E-state index contributed by atoms with van der Waals surface area (Å²) in [6.07, 6.45) is 1.67. The molecule has 0 aliphatic rings. The van der Waals surface area contributed by atoms with E-state index < -0.39 is 0 Å². The van der Waals surface area contributed by atoms with Gasteiger partial charge >= 0.3 is 0 Å². The Kier molecular flexibility index (Phi) is 5.83. The van der Waals surface area contributed by atoms with Crippen molar-refractivity contribution in [3.8, 4) is 5.75 Å². The maximum Gasteiger partial charge on any atom is 0.141 e. The Hall–Kier alpha value is -0.0256. The summed E-state index contributed by atoms with van der Waals surface area (Å²) >= 11 is 0. The zero-order chi connectivity index (χ0) is 10.7. The topological polar surface area (TPSA) is 42.4 Å².